The molecule has 2 aromatic rings. The van der Waals surface area contributed by atoms with Crippen LogP contribution >= 0.6 is 0 Å². The highest BCUT2D eigenvalue weighted by Gasteiger charge is 2.05. The van der Waals surface area contributed by atoms with Crippen LogP contribution in [-0.4, -0.2) is 32.1 Å². The third-order valence-electron chi connectivity index (χ3n) is 3.48. The third-order valence-corrected chi connectivity index (χ3v) is 3.48. The summed E-state index contributed by atoms with van der Waals surface area (Å²) in [5.74, 6) is -0.0344. The van der Waals surface area contributed by atoms with E-state index in [9.17, 15) is 9.59 Å². The van der Waals surface area contributed by atoms with Crippen LogP contribution in [-0.2, 0) is 16.0 Å². The molecule has 0 bridgehead atoms. The zero-order chi connectivity index (χ0) is 18.1. The van der Waals surface area contributed by atoms with Gasteiger partial charge in [0.1, 0.15) is 5.75 Å². The number of hydrogen-bond donors (Lipinski definition) is 1. The maximum atomic E-state index is 12.0. The highest BCUT2D eigenvalue weighted by atomic mass is 16.6. The maximum Gasteiger partial charge on any atom is 0.343 e. The van der Waals surface area contributed by atoms with Crippen LogP contribution in [0.2, 0.25) is 0 Å². The van der Waals surface area contributed by atoms with Crippen LogP contribution in [0.1, 0.15) is 21.5 Å². The summed E-state index contributed by atoms with van der Waals surface area (Å²) in [6.45, 7) is 0.359. The van der Waals surface area contributed by atoms with Crippen molar-refractivity contribution < 1.29 is 19.1 Å². The number of nitrogens with one attached hydrogen (secondary N) is 1. The number of carbonyl (C=O) groups excluding carboxylic acids is 2. The van der Waals surface area contributed by atoms with Gasteiger partial charge in [0.2, 0.25) is 0 Å². The van der Waals surface area contributed by atoms with Crippen LogP contribution in [0.3, 0.4) is 0 Å². The molecule has 1 N–H and O–H groups in total. The number of nitriles is 1. The van der Waals surface area contributed by atoms with Gasteiger partial charge < -0.3 is 14.8 Å². The average molecular weight is 338 g/mol. The number of carbonyl (C=O) groups is 2. The summed E-state index contributed by atoms with van der Waals surface area (Å²) in [4.78, 5) is 23.0. The maximum absolute atomic E-state index is 12.0. The Morgan fingerprint density at radius 1 is 1.08 bits per heavy atom. The lowest BCUT2D eigenvalue weighted by Gasteiger charge is -2.07. The molecule has 0 aromatic heterocycles. The minimum Gasteiger partial charge on any atom is -0.482 e. The van der Waals surface area contributed by atoms with Crippen molar-refractivity contribution in [1.82, 2.24) is 5.32 Å². The summed E-state index contributed by atoms with van der Waals surface area (Å²) < 4.78 is 9.77. The predicted molar refractivity (Wildman–Crippen MR) is 91.1 cm³/mol. The van der Waals surface area contributed by atoms with Crippen molar-refractivity contribution in [2.24, 2.45) is 0 Å². The van der Waals surface area contributed by atoms with Crippen LogP contribution in [0.15, 0.2) is 48.5 Å². The van der Waals surface area contributed by atoms with Crippen molar-refractivity contribution in [1.29, 1.82) is 5.26 Å². The molecule has 6 nitrogen and oxygen atoms in total. The lowest BCUT2D eigenvalue weighted by Crippen LogP contribution is -2.25. The summed E-state index contributed by atoms with van der Waals surface area (Å²) >= 11 is 0. The Morgan fingerprint density at radius 3 is 2.36 bits per heavy atom. The van der Waals surface area contributed by atoms with Gasteiger partial charge in [-0.3, -0.25) is 4.79 Å². The number of benzene rings is 2. The van der Waals surface area contributed by atoms with E-state index in [-0.39, 0.29) is 12.5 Å². The van der Waals surface area contributed by atoms with Crippen molar-refractivity contribution >= 4 is 11.9 Å². The molecule has 0 atom stereocenters. The monoisotopic (exact) mass is 338 g/mol. The van der Waals surface area contributed by atoms with Gasteiger partial charge in [-0.1, -0.05) is 12.1 Å². The molecular weight excluding hydrogens is 320 g/mol. The number of amides is 1. The van der Waals surface area contributed by atoms with Crippen LogP contribution in [0.4, 0.5) is 0 Å². The quantitative estimate of drug-likeness (QED) is 0.781. The molecule has 0 aliphatic carbocycles. The van der Waals surface area contributed by atoms with Gasteiger partial charge in [-0.2, -0.15) is 5.26 Å². The first-order chi connectivity index (χ1) is 12.1. The molecule has 6 heteroatoms. The molecule has 2 aromatic carbocycles. The second kappa shape index (κ2) is 9.08. The Hall–Kier alpha value is -3.33. The normalized spacial score (nSPS) is 9.76. The molecule has 0 fully saturated rings. The molecule has 0 aliphatic heterocycles. The summed E-state index contributed by atoms with van der Waals surface area (Å²) in [5.41, 5.74) is 2.07. The van der Waals surface area contributed by atoms with Crippen LogP contribution < -0.4 is 10.1 Å². The van der Waals surface area contributed by atoms with Crippen molar-refractivity contribution in [3.8, 4) is 11.8 Å². The Kier molecular flexibility index (Phi) is 6.55. The van der Waals surface area contributed by atoms with Gasteiger partial charge in [0.15, 0.2) is 6.61 Å². The first kappa shape index (κ1) is 18.0. The van der Waals surface area contributed by atoms with Gasteiger partial charge in [0, 0.05) is 12.1 Å². The second-order valence-electron chi connectivity index (χ2n) is 5.20. The number of ether oxygens (including phenoxy) is 2. The molecular formula is C19H18N2O4. The van der Waals surface area contributed by atoms with E-state index in [4.69, 9.17) is 10.00 Å². The van der Waals surface area contributed by atoms with Gasteiger partial charge in [-0.05, 0) is 48.4 Å². The number of methoxy groups -OCH3 is 1. The molecule has 0 heterocycles. The molecule has 1 amide bonds. The summed E-state index contributed by atoms with van der Waals surface area (Å²) in [7, 11) is 1.31. The highest BCUT2D eigenvalue weighted by molar-refractivity contribution is 5.94. The fourth-order valence-electron chi connectivity index (χ4n) is 2.07. The standard InChI is InChI=1S/C19H18N2O4/c1-24-18(22)13-25-17-8-4-14(5-9-17)10-11-21-19(23)16-6-2-15(12-20)3-7-16/h2-9H,10-11,13H2,1H3,(H,21,23). The van der Waals surface area contributed by atoms with Crippen LogP contribution in [0, 0.1) is 11.3 Å². The lowest BCUT2D eigenvalue weighted by molar-refractivity contribution is -0.142. The average Bonchev–Trinajstić information content (AvgIpc) is 2.67. The fourth-order valence-corrected chi connectivity index (χ4v) is 2.07. The van der Waals surface area contributed by atoms with Crippen molar-refractivity contribution in [3.05, 3.63) is 65.2 Å². The third kappa shape index (κ3) is 5.66. The number of esters is 1. The zero-order valence-corrected chi connectivity index (χ0v) is 13.8. The molecule has 25 heavy (non-hydrogen) atoms. The van der Waals surface area contributed by atoms with E-state index >= 15 is 0 Å². The number of nitrogens with zero attached hydrogens (tertiary/aromatic N) is 1. The van der Waals surface area contributed by atoms with Crippen LogP contribution in [0.25, 0.3) is 0 Å². The highest BCUT2D eigenvalue weighted by Crippen LogP contribution is 2.12. The molecule has 0 spiro atoms. The lowest BCUT2D eigenvalue weighted by atomic mass is 10.1. The van der Waals surface area contributed by atoms with E-state index in [2.05, 4.69) is 10.1 Å². The van der Waals surface area contributed by atoms with E-state index in [0.29, 0.717) is 29.8 Å². The zero-order valence-electron chi connectivity index (χ0n) is 13.8. The van der Waals surface area contributed by atoms with Crippen molar-refractivity contribution in [2.75, 3.05) is 20.3 Å². The second-order valence-corrected chi connectivity index (χ2v) is 5.20. The van der Waals surface area contributed by atoms with E-state index in [1.807, 2.05) is 18.2 Å². The molecule has 128 valence electrons. The first-order valence-corrected chi connectivity index (χ1v) is 7.69. The van der Waals surface area contributed by atoms with E-state index in [1.54, 1.807) is 36.4 Å². The van der Waals surface area contributed by atoms with Gasteiger partial charge in [0.25, 0.3) is 5.91 Å². The Morgan fingerprint density at radius 2 is 1.76 bits per heavy atom. The molecule has 0 radical (unpaired) electrons. The van der Waals surface area contributed by atoms with Crippen molar-refractivity contribution in [3.63, 3.8) is 0 Å². The molecule has 0 aliphatic rings. The minimum atomic E-state index is -0.436. The first-order valence-electron chi connectivity index (χ1n) is 7.69. The molecule has 0 unspecified atom stereocenters. The largest absolute Gasteiger partial charge is 0.482 e. The van der Waals surface area contributed by atoms with Gasteiger partial charge >= 0.3 is 5.97 Å². The summed E-state index contributed by atoms with van der Waals surface area (Å²) in [6, 6.07) is 15.8. The van der Waals surface area contributed by atoms with Crippen LogP contribution in [0.5, 0.6) is 5.75 Å². The molecule has 0 saturated carbocycles. The molecule has 2 rings (SSSR count). The SMILES string of the molecule is COC(=O)COc1ccc(CCNC(=O)c2ccc(C#N)cc2)cc1. The summed E-state index contributed by atoms with van der Waals surface area (Å²) in [6.07, 6.45) is 0.666. The summed E-state index contributed by atoms with van der Waals surface area (Å²) in [5, 5.41) is 11.6. The van der Waals surface area contributed by atoms with Gasteiger partial charge in [0.05, 0.1) is 18.7 Å². The predicted octanol–water partition coefficient (Wildman–Crippen LogP) is 2.08. The van der Waals surface area contributed by atoms with Crippen molar-refractivity contribution in [2.45, 2.75) is 6.42 Å². The topological polar surface area (TPSA) is 88.4 Å². The number of rotatable bonds is 7. The van der Waals surface area contributed by atoms with E-state index < -0.39 is 5.97 Å². The Balaban J connectivity index is 1.78. The minimum absolute atomic E-state index is 0.128. The number of hydrogen-bond acceptors (Lipinski definition) is 5. The fraction of sp³-hybridized carbons (Fsp3) is 0.211. The molecule has 0 saturated heterocycles. The smallest absolute Gasteiger partial charge is 0.343 e. The van der Waals surface area contributed by atoms with E-state index in [0.717, 1.165) is 5.56 Å². The van der Waals surface area contributed by atoms with E-state index in [1.165, 1.54) is 7.11 Å². The van der Waals surface area contributed by atoms with Gasteiger partial charge in [-0.15, -0.1) is 0 Å². The Labute approximate surface area is 146 Å². The Bertz CT molecular complexity index is 762. The van der Waals surface area contributed by atoms with Gasteiger partial charge in [-0.25, -0.2) is 4.79 Å².